The summed E-state index contributed by atoms with van der Waals surface area (Å²) in [6, 6.07) is 19.8. The molecule has 4 rings (SSSR count). The van der Waals surface area contributed by atoms with Crippen molar-refractivity contribution in [2.24, 2.45) is 0 Å². The maximum Gasteiger partial charge on any atom is 0.223 e. The molecule has 3 aromatic rings. The van der Waals surface area contributed by atoms with E-state index in [1.807, 2.05) is 65.6 Å². The largest absolute Gasteiger partial charge is 0.497 e. The van der Waals surface area contributed by atoms with E-state index in [2.05, 4.69) is 4.98 Å². The van der Waals surface area contributed by atoms with E-state index >= 15 is 0 Å². The second kappa shape index (κ2) is 8.30. The van der Waals surface area contributed by atoms with Crippen LogP contribution in [0.25, 0.3) is 10.9 Å². The van der Waals surface area contributed by atoms with Crippen molar-refractivity contribution in [3.8, 4) is 11.6 Å². The van der Waals surface area contributed by atoms with Crippen molar-refractivity contribution < 1.29 is 14.3 Å². The van der Waals surface area contributed by atoms with E-state index in [9.17, 15) is 4.79 Å². The van der Waals surface area contributed by atoms with Gasteiger partial charge in [0.2, 0.25) is 11.8 Å². The highest BCUT2D eigenvalue weighted by Gasteiger charge is 2.27. The van der Waals surface area contributed by atoms with E-state index in [1.165, 1.54) is 0 Å². The molecule has 0 aliphatic carbocycles. The number of aromatic nitrogens is 1. The number of carbonyl (C=O) groups excluding carboxylic acids is 1. The zero-order valence-corrected chi connectivity index (χ0v) is 16.0. The van der Waals surface area contributed by atoms with Gasteiger partial charge in [0.15, 0.2) is 0 Å². The number of methoxy groups -OCH3 is 1. The van der Waals surface area contributed by atoms with Crippen LogP contribution in [-0.2, 0) is 11.2 Å². The molecule has 1 unspecified atom stereocenters. The van der Waals surface area contributed by atoms with Crippen LogP contribution in [0, 0.1) is 0 Å². The molecule has 28 heavy (non-hydrogen) atoms. The number of hydrogen-bond donors (Lipinski definition) is 0. The van der Waals surface area contributed by atoms with Crippen molar-refractivity contribution >= 4 is 16.8 Å². The Morgan fingerprint density at radius 3 is 2.75 bits per heavy atom. The summed E-state index contributed by atoms with van der Waals surface area (Å²) in [4.78, 5) is 19.0. The van der Waals surface area contributed by atoms with Crippen molar-refractivity contribution in [1.29, 1.82) is 0 Å². The molecule has 5 nitrogen and oxygen atoms in total. The SMILES string of the molecule is COc1ccc(CCC(=O)N2CCC(Oc3ccc4ccccc4n3)C2)cc1. The number of amides is 1. The summed E-state index contributed by atoms with van der Waals surface area (Å²) >= 11 is 0. The van der Waals surface area contributed by atoms with E-state index in [1.54, 1.807) is 7.11 Å². The molecule has 0 radical (unpaired) electrons. The molecule has 1 amide bonds. The number of benzene rings is 2. The summed E-state index contributed by atoms with van der Waals surface area (Å²) < 4.78 is 11.2. The van der Waals surface area contributed by atoms with Gasteiger partial charge in [0.05, 0.1) is 19.2 Å². The third-order valence-corrected chi connectivity index (χ3v) is 5.14. The maximum atomic E-state index is 12.5. The number of rotatable bonds is 6. The zero-order valence-electron chi connectivity index (χ0n) is 16.0. The van der Waals surface area contributed by atoms with Crippen molar-refractivity contribution in [1.82, 2.24) is 9.88 Å². The van der Waals surface area contributed by atoms with Crippen LogP contribution in [0.2, 0.25) is 0 Å². The highest BCUT2D eigenvalue weighted by atomic mass is 16.5. The Labute approximate surface area is 164 Å². The molecule has 2 heterocycles. The van der Waals surface area contributed by atoms with Gasteiger partial charge in [0.1, 0.15) is 11.9 Å². The molecule has 5 heteroatoms. The lowest BCUT2D eigenvalue weighted by atomic mass is 10.1. The van der Waals surface area contributed by atoms with Gasteiger partial charge in [-0.25, -0.2) is 4.98 Å². The van der Waals surface area contributed by atoms with E-state index in [0.717, 1.165) is 41.6 Å². The summed E-state index contributed by atoms with van der Waals surface area (Å²) in [5, 5.41) is 1.09. The van der Waals surface area contributed by atoms with Crippen molar-refractivity contribution in [3.63, 3.8) is 0 Å². The number of ether oxygens (including phenoxy) is 2. The number of aryl methyl sites for hydroxylation is 1. The maximum absolute atomic E-state index is 12.5. The summed E-state index contributed by atoms with van der Waals surface area (Å²) in [6.45, 7) is 1.36. The smallest absolute Gasteiger partial charge is 0.223 e. The Kier molecular flexibility index (Phi) is 5.42. The third-order valence-electron chi connectivity index (χ3n) is 5.14. The van der Waals surface area contributed by atoms with Gasteiger partial charge in [-0.15, -0.1) is 0 Å². The normalized spacial score (nSPS) is 16.3. The highest BCUT2D eigenvalue weighted by Crippen LogP contribution is 2.21. The summed E-state index contributed by atoms with van der Waals surface area (Å²) in [7, 11) is 1.65. The molecule has 1 atom stereocenters. The molecular weight excluding hydrogens is 352 g/mol. The van der Waals surface area contributed by atoms with Crippen LogP contribution in [0.3, 0.4) is 0 Å². The van der Waals surface area contributed by atoms with Crippen molar-refractivity contribution in [2.75, 3.05) is 20.2 Å². The van der Waals surface area contributed by atoms with Gasteiger partial charge in [-0.2, -0.15) is 0 Å². The molecule has 1 fully saturated rings. The lowest BCUT2D eigenvalue weighted by molar-refractivity contribution is -0.130. The molecule has 1 aromatic heterocycles. The fourth-order valence-corrected chi connectivity index (χ4v) is 3.54. The predicted molar refractivity (Wildman–Crippen MR) is 109 cm³/mol. The minimum Gasteiger partial charge on any atom is -0.497 e. The molecule has 0 bridgehead atoms. The molecule has 1 aliphatic rings. The van der Waals surface area contributed by atoms with E-state index in [4.69, 9.17) is 9.47 Å². The van der Waals surface area contributed by atoms with Crippen LogP contribution in [0.5, 0.6) is 11.6 Å². The lowest BCUT2D eigenvalue weighted by Crippen LogP contribution is -2.31. The first kappa shape index (κ1) is 18.3. The average Bonchev–Trinajstić information content (AvgIpc) is 3.21. The van der Waals surface area contributed by atoms with Crippen molar-refractivity contribution in [2.45, 2.75) is 25.4 Å². The lowest BCUT2D eigenvalue weighted by Gasteiger charge is -2.17. The minimum absolute atomic E-state index is 0.00130. The molecular formula is C23H24N2O3. The van der Waals surface area contributed by atoms with Gasteiger partial charge < -0.3 is 14.4 Å². The standard InChI is InChI=1S/C23H24N2O3/c1-27-19-10-6-17(7-11-19)8-13-23(26)25-15-14-20(16-25)28-22-12-9-18-4-2-3-5-21(18)24-22/h2-7,9-12,20H,8,13-16H2,1H3. The van der Waals surface area contributed by atoms with Gasteiger partial charge in [0, 0.05) is 30.8 Å². The number of para-hydroxylation sites is 1. The Morgan fingerprint density at radius 2 is 1.93 bits per heavy atom. The third kappa shape index (κ3) is 4.25. The Balaban J connectivity index is 1.29. The second-order valence-corrected chi connectivity index (χ2v) is 7.06. The van der Waals surface area contributed by atoms with Crippen LogP contribution in [0.4, 0.5) is 0 Å². The molecule has 0 N–H and O–H groups in total. The number of hydrogen-bond acceptors (Lipinski definition) is 4. The molecule has 2 aromatic carbocycles. The first-order valence-electron chi connectivity index (χ1n) is 9.64. The van der Waals surface area contributed by atoms with Gasteiger partial charge in [-0.05, 0) is 36.2 Å². The van der Waals surface area contributed by atoms with Gasteiger partial charge in [-0.1, -0.05) is 30.3 Å². The van der Waals surface area contributed by atoms with E-state index in [0.29, 0.717) is 18.8 Å². The molecule has 144 valence electrons. The number of fused-ring (bicyclic) bond motifs is 1. The first-order chi connectivity index (χ1) is 13.7. The quantitative estimate of drug-likeness (QED) is 0.656. The van der Waals surface area contributed by atoms with E-state index < -0.39 is 0 Å². The van der Waals surface area contributed by atoms with Crippen LogP contribution < -0.4 is 9.47 Å². The van der Waals surface area contributed by atoms with Crippen molar-refractivity contribution in [3.05, 3.63) is 66.2 Å². The zero-order chi connectivity index (χ0) is 19.3. The average molecular weight is 376 g/mol. The summed E-state index contributed by atoms with van der Waals surface area (Å²) in [5.41, 5.74) is 2.06. The van der Waals surface area contributed by atoms with Gasteiger partial charge >= 0.3 is 0 Å². The van der Waals surface area contributed by atoms with Crippen LogP contribution in [-0.4, -0.2) is 42.1 Å². The number of nitrogens with zero attached hydrogens (tertiary/aromatic N) is 2. The number of carbonyl (C=O) groups is 1. The minimum atomic E-state index is -0.00130. The monoisotopic (exact) mass is 376 g/mol. The Hall–Kier alpha value is -3.08. The molecule has 1 saturated heterocycles. The number of pyridine rings is 1. The Bertz CT molecular complexity index is 955. The van der Waals surface area contributed by atoms with Crippen LogP contribution in [0.15, 0.2) is 60.7 Å². The Morgan fingerprint density at radius 1 is 1.11 bits per heavy atom. The fraction of sp³-hybridized carbons (Fsp3) is 0.304. The predicted octanol–water partition coefficient (Wildman–Crippen LogP) is 3.86. The summed E-state index contributed by atoms with van der Waals surface area (Å²) in [5.74, 6) is 1.63. The second-order valence-electron chi connectivity index (χ2n) is 7.06. The molecule has 0 saturated carbocycles. The van der Waals surface area contributed by atoms with Gasteiger partial charge in [0.25, 0.3) is 0 Å². The molecule has 1 aliphatic heterocycles. The first-order valence-corrected chi connectivity index (χ1v) is 9.64. The molecule has 0 spiro atoms. The fourth-order valence-electron chi connectivity index (χ4n) is 3.54. The highest BCUT2D eigenvalue weighted by molar-refractivity contribution is 5.79. The van der Waals surface area contributed by atoms with Crippen LogP contribution in [0.1, 0.15) is 18.4 Å². The topological polar surface area (TPSA) is 51.7 Å². The number of likely N-dealkylation sites (tertiary alicyclic amines) is 1. The van der Waals surface area contributed by atoms with E-state index in [-0.39, 0.29) is 12.0 Å². The van der Waals surface area contributed by atoms with Gasteiger partial charge in [-0.3, -0.25) is 4.79 Å². The van der Waals surface area contributed by atoms with Crippen LogP contribution >= 0.6 is 0 Å². The summed E-state index contributed by atoms with van der Waals surface area (Å²) in [6.07, 6.45) is 2.08.